The predicted molar refractivity (Wildman–Crippen MR) is 114 cm³/mol. The molecular formula is C23H17F3N2O3S. The van der Waals surface area contributed by atoms with Crippen LogP contribution in [0.2, 0.25) is 0 Å². The molecule has 0 aliphatic heterocycles. The number of hydrogen-bond acceptors (Lipinski definition) is 3. The first-order chi connectivity index (χ1) is 15.2. The van der Waals surface area contributed by atoms with Crippen molar-refractivity contribution in [1.82, 2.24) is 4.57 Å². The smallest absolute Gasteiger partial charge is 0.244 e. The van der Waals surface area contributed by atoms with Crippen LogP contribution >= 0.6 is 0 Å². The SMILES string of the molecule is O=C(Cn1cc(S(=O)(=O)Cc2ccc(F)cc2)c2ccccc21)Nc1ccc(F)cc1F. The van der Waals surface area contributed by atoms with Gasteiger partial charge in [-0.3, -0.25) is 4.79 Å². The number of nitrogens with one attached hydrogen (secondary N) is 1. The van der Waals surface area contributed by atoms with Crippen molar-refractivity contribution in [3.8, 4) is 0 Å². The number of halogens is 3. The average Bonchev–Trinajstić information content (AvgIpc) is 3.11. The normalized spacial score (nSPS) is 11.6. The highest BCUT2D eigenvalue weighted by Gasteiger charge is 2.22. The molecule has 1 aromatic heterocycles. The third-order valence-electron chi connectivity index (χ3n) is 4.88. The van der Waals surface area contributed by atoms with Crippen LogP contribution in [0.4, 0.5) is 18.9 Å². The van der Waals surface area contributed by atoms with E-state index < -0.39 is 33.2 Å². The van der Waals surface area contributed by atoms with Gasteiger partial charge in [0.25, 0.3) is 0 Å². The van der Waals surface area contributed by atoms with Gasteiger partial charge in [-0.15, -0.1) is 0 Å². The number of aromatic nitrogens is 1. The number of nitrogens with zero attached hydrogens (tertiary/aromatic N) is 1. The van der Waals surface area contributed by atoms with Crippen LogP contribution in [0.1, 0.15) is 5.56 Å². The number of rotatable bonds is 6. The third-order valence-corrected chi connectivity index (χ3v) is 6.59. The maximum absolute atomic E-state index is 13.8. The lowest BCUT2D eigenvalue weighted by Crippen LogP contribution is -2.19. The van der Waals surface area contributed by atoms with Crippen LogP contribution in [0.5, 0.6) is 0 Å². The van der Waals surface area contributed by atoms with E-state index in [4.69, 9.17) is 0 Å². The number of carbonyl (C=O) groups is 1. The zero-order valence-corrected chi connectivity index (χ0v) is 17.4. The Bertz CT molecular complexity index is 1410. The minimum absolute atomic E-state index is 0.0261. The Balaban J connectivity index is 1.63. The summed E-state index contributed by atoms with van der Waals surface area (Å²) in [6.45, 7) is -0.288. The highest BCUT2D eigenvalue weighted by Crippen LogP contribution is 2.28. The molecule has 164 valence electrons. The second kappa shape index (κ2) is 8.51. The Morgan fingerprint density at radius 2 is 1.59 bits per heavy atom. The average molecular weight is 458 g/mol. The lowest BCUT2D eigenvalue weighted by Gasteiger charge is -2.08. The minimum atomic E-state index is -3.81. The Labute approximate surface area is 182 Å². The number of sulfone groups is 1. The monoisotopic (exact) mass is 458 g/mol. The number of benzene rings is 3. The largest absolute Gasteiger partial charge is 0.337 e. The molecule has 4 rings (SSSR count). The van der Waals surface area contributed by atoms with Crippen molar-refractivity contribution in [1.29, 1.82) is 0 Å². The second-order valence-corrected chi connectivity index (χ2v) is 9.15. The van der Waals surface area contributed by atoms with E-state index in [0.717, 1.165) is 12.1 Å². The van der Waals surface area contributed by atoms with Crippen LogP contribution < -0.4 is 5.32 Å². The van der Waals surface area contributed by atoms with Gasteiger partial charge in [-0.05, 0) is 35.9 Å². The fourth-order valence-electron chi connectivity index (χ4n) is 3.40. The summed E-state index contributed by atoms with van der Waals surface area (Å²) in [4.78, 5) is 12.5. The summed E-state index contributed by atoms with van der Waals surface area (Å²) in [6.07, 6.45) is 1.35. The van der Waals surface area contributed by atoms with Crippen LogP contribution in [0.3, 0.4) is 0 Å². The predicted octanol–water partition coefficient (Wildman–Crippen LogP) is 4.67. The van der Waals surface area contributed by atoms with Gasteiger partial charge in [-0.1, -0.05) is 30.3 Å². The lowest BCUT2D eigenvalue weighted by molar-refractivity contribution is -0.116. The molecule has 0 saturated heterocycles. The van der Waals surface area contributed by atoms with E-state index in [1.807, 2.05) is 0 Å². The van der Waals surface area contributed by atoms with Crippen molar-refractivity contribution >= 4 is 32.3 Å². The second-order valence-electron chi connectivity index (χ2n) is 7.20. The van der Waals surface area contributed by atoms with Gasteiger partial charge in [-0.25, -0.2) is 21.6 Å². The number of hydrogen-bond donors (Lipinski definition) is 1. The Kier molecular flexibility index (Phi) is 5.75. The lowest BCUT2D eigenvalue weighted by atomic mass is 10.2. The molecule has 0 unspecified atom stereocenters. The summed E-state index contributed by atoms with van der Waals surface area (Å²) in [5, 5.41) is 2.78. The van der Waals surface area contributed by atoms with Gasteiger partial charge in [0.1, 0.15) is 24.0 Å². The molecular weight excluding hydrogens is 441 g/mol. The molecule has 1 heterocycles. The molecule has 0 bridgehead atoms. The zero-order chi connectivity index (χ0) is 22.9. The van der Waals surface area contributed by atoms with Gasteiger partial charge in [0.15, 0.2) is 9.84 Å². The molecule has 32 heavy (non-hydrogen) atoms. The topological polar surface area (TPSA) is 68.2 Å². The van der Waals surface area contributed by atoms with Crippen molar-refractivity contribution in [2.75, 3.05) is 5.32 Å². The van der Waals surface area contributed by atoms with Gasteiger partial charge < -0.3 is 9.88 Å². The first-order valence-electron chi connectivity index (χ1n) is 9.53. The number of carbonyl (C=O) groups excluding carboxylic acids is 1. The summed E-state index contributed by atoms with van der Waals surface area (Å²) in [6, 6.07) is 14.6. The van der Waals surface area contributed by atoms with Crippen LogP contribution in [0.25, 0.3) is 10.9 Å². The third kappa shape index (κ3) is 4.52. The molecule has 0 aliphatic carbocycles. The maximum atomic E-state index is 13.8. The standard InChI is InChI=1S/C23H17F3N2O3S/c24-16-7-5-15(6-8-16)14-32(30,31)22-12-28(21-4-2-1-3-18(21)22)13-23(29)27-20-10-9-17(25)11-19(20)26/h1-12H,13-14H2,(H,27,29). The zero-order valence-electron chi connectivity index (χ0n) is 16.6. The van der Waals surface area contributed by atoms with Gasteiger partial charge in [-0.2, -0.15) is 0 Å². The van der Waals surface area contributed by atoms with Crippen LogP contribution in [-0.2, 0) is 26.9 Å². The summed E-state index contributed by atoms with van der Waals surface area (Å²) in [5.74, 6) is -3.11. The van der Waals surface area contributed by atoms with E-state index in [0.29, 0.717) is 22.5 Å². The van der Waals surface area contributed by atoms with Crippen molar-refractivity contribution < 1.29 is 26.4 Å². The van der Waals surface area contributed by atoms with E-state index in [-0.39, 0.29) is 22.9 Å². The minimum Gasteiger partial charge on any atom is -0.337 e. The highest BCUT2D eigenvalue weighted by atomic mass is 32.2. The van der Waals surface area contributed by atoms with Crippen molar-refractivity contribution in [2.24, 2.45) is 0 Å². The molecule has 9 heteroatoms. The molecule has 0 atom stereocenters. The molecule has 3 aromatic carbocycles. The van der Waals surface area contributed by atoms with Crippen molar-refractivity contribution in [3.63, 3.8) is 0 Å². The summed E-state index contributed by atoms with van der Waals surface area (Å²) >= 11 is 0. The fourth-order valence-corrected chi connectivity index (χ4v) is 4.99. The molecule has 0 aliphatic rings. The molecule has 0 radical (unpaired) electrons. The summed E-state index contributed by atoms with van der Waals surface area (Å²) in [7, 11) is -3.81. The molecule has 1 amide bonds. The maximum Gasteiger partial charge on any atom is 0.244 e. The summed E-state index contributed by atoms with van der Waals surface area (Å²) in [5.41, 5.74) is 0.740. The Morgan fingerprint density at radius 3 is 2.31 bits per heavy atom. The van der Waals surface area contributed by atoms with Crippen LogP contribution in [0.15, 0.2) is 77.8 Å². The van der Waals surface area contributed by atoms with Crippen LogP contribution in [-0.4, -0.2) is 18.9 Å². The highest BCUT2D eigenvalue weighted by molar-refractivity contribution is 7.90. The number of fused-ring (bicyclic) bond motifs is 1. The fraction of sp³-hybridized carbons (Fsp3) is 0.0870. The van der Waals surface area contributed by atoms with E-state index in [2.05, 4.69) is 5.32 Å². The molecule has 0 spiro atoms. The molecule has 5 nitrogen and oxygen atoms in total. The molecule has 1 N–H and O–H groups in total. The number of para-hydroxylation sites is 1. The molecule has 0 saturated carbocycles. The quantitative estimate of drug-likeness (QED) is 0.457. The van der Waals surface area contributed by atoms with Crippen LogP contribution in [0, 0.1) is 17.5 Å². The van der Waals surface area contributed by atoms with Gasteiger partial charge in [0.2, 0.25) is 5.91 Å². The van der Waals surface area contributed by atoms with E-state index >= 15 is 0 Å². The van der Waals surface area contributed by atoms with Crippen molar-refractivity contribution in [3.05, 3.63) is 95.9 Å². The van der Waals surface area contributed by atoms with E-state index in [9.17, 15) is 26.4 Å². The Hall–Kier alpha value is -3.59. The number of anilines is 1. The molecule has 0 fully saturated rings. The van der Waals surface area contributed by atoms with Crippen molar-refractivity contribution in [2.45, 2.75) is 17.2 Å². The van der Waals surface area contributed by atoms with Gasteiger partial charge >= 0.3 is 0 Å². The van der Waals surface area contributed by atoms with E-state index in [1.54, 1.807) is 24.3 Å². The van der Waals surface area contributed by atoms with Gasteiger partial charge in [0, 0.05) is 23.2 Å². The first kappa shape index (κ1) is 21.6. The van der Waals surface area contributed by atoms with E-state index in [1.165, 1.54) is 35.0 Å². The summed E-state index contributed by atoms with van der Waals surface area (Å²) < 4.78 is 67.6. The molecule has 4 aromatic rings. The van der Waals surface area contributed by atoms with Gasteiger partial charge in [0.05, 0.1) is 16.3 Å². The number of amides is 1. The first-order valence-corrected chi connectivity index (χ1v) is 11.2. The Morgan fingerprint density at radius 1 is 0.906 bits per heavy atom.